The first-order valence-electron chi connectivity index (χ1n) is 10.0. The van der Waals surface area contributed by atoms with Crippen molar-refractivity contribution >= 4 is 28.4 Å². The lowest BCUT2D eigenvalue weighted by molar-refractivity contribution is -0.140. The Hall–Kier alpha value is -4.93. The highest BCUT2D eigenvalue weighted by atomic mass is 19.4. The van der Waals surface area contributed by atoms with Gasteiger partial charge in [0.1, 0.15) is 29.9 Å². The van der Waals surface area contributed by atoms with Crippen LogP contribution in [0.3, 0.4) is 0 Å². The number of benzene rings is 1. The fraction of sp³-hybridized carbons (Fsp3) is 0.136. The molecule has 0 aliphatic carbocycles. The van der Waals surface area contributed by atoms with Crippen molar-refractivity contribution in [1.82, 2.24) is 24.7 Å². The number of hydrogen-bond acceptors (Lipinski definition) is 7. The number of nitriles is 1. The number of nitrogens with zero attached hydrogens (tertiary/aromatic N) is 6. The summed E-state index contributed by atoms with van der Waals surface area (Å²) in [4.78, 5) is 36.6. The molecule has 0 unspecified atom stereocenters. The van der Waals surface area contributed by atoms with E-state index in [2.05, 4.69) is 25.4 Å². The number of anilines is 1. The van der Waals surface area contributed by atoms with Crippen LogP contribution in [0.1, 0.15) is 43.6 Å². The van der Waals surface area contributed by atoms with Gasteiger partial charge in [0.2, 0.25) is 5.91 Å². The molecule has 4 aromatic rings. The Bertz CT molecular complexity index is 1560. The van der Waals surface area contributed by atoms with Gasteiger partial charge in [-0.3, -0.25) is 14.3 Å². The lowest BCUT2D eigenvalue weighted by Crippen LogP contribution is -2.19. The Morgan fingerprint density at radius 1 is 1.19 bits per heavy atom. The summed E-state index contributed by atoms with van der Waals surface area (Å²) in [5, 5.41) is 14.7. The predicted octanol–water partition coefficient (Wildman–Crippen LogP) is 2.96. The number of carbonyl (C=O) groups excluding carboxylic acids is 2. The summed E-state index contributed by atoms with van der Waals surface area (Å²) >= 11 is 0. The van der Waals surface area contributed by atoms with Crippen molar-refractivity contribution in [2.45, 2.75) is 19.6 Å². The van der Waals surface area contributed by atoms with E-state index in [9.17, 15) is 27.2 Å². The molecular formula is C22H14F4N8O2. The van der Waals surface area contributed by atoms with Crippen molar-refractivity contribution in [1.29, 1.82) is 5.26 Å². The highest BCUT2D eigenvalue weighted by molar-refractivity contribution is 6.10. The fourth-order valence-electron chi connectivity index (χ4n) is 3.38. The molecule has 0 aliphatic rings. The van der Waals surface area contributed by atoms with Crippen molar-refractivity contribution in [3.63, 3.8) is 0 Å². The average Bonchev–Trinajstić information content (AvgIpc) is 3.13. The SMILES string of the molecule is Cc1c(NC(=O)c2cc(C(N)=O)c3ccc(F)cc3n2)c(C(F)(F)F)nn1Cc1ncc(C#N)cn1. The summed E-state index contributed by atoms with van der Waals surface area (Å²) in [5.74, 6) is -2.67. The summed E-state index contributed by atoms with van der Waals surface area (Å²) in [6.07, 6.45) is -2.53. The average molecular weight is 498 g/mol. The Balaban J connectivity index is 1.73. The zero-order chi connectivity index (χ0) is 26.2. The summed E-state index contributed by atoms with van der Waals surface area (Å²) in [6.45, 7) is 1.01. The van der Waals surface area contributed by atoms with Gasteiger partial charge in [0.25, 0.3) is 5.91 Å². The second-order valence-corrected chi connectivity index (χ2v) is 7.50. The highest BCUT2D eigenvalue weighted by Gasteiger charge is 2.39. The Kier molecular flexibility index (Phi) is 6.07. The van der Waals surface area contributed by atoms with Gasteiger partial charge >= 0.3 is 6.18 Å². The van der Waals surface area contributed by atoms with Crippen molar-refractivity contribution in [2.24, 2.45) is 5.73 Å². The summed E-state index contributed by atoms with van der Waals surface area (Å²) < 4.78 is 55.9. The van der Waals surface area contributed by atoms with Crippen LogP contribution in [0.2, 0.25) is 0 Å². The van der Waals surface area contributed by atoms with Gasteiger partial charge in [-0.05, 0) is 25.1 Å². The Morgan fingerprint density at radius 3 is 2.50 bits per heavy atom. The van der Waals surface area contributed by atoms with E-state index in [4.69, 9.17) is 11.0 Å². The van der Waals surface area contributed by atoms with Gasteiger partial charge in [-0.15, -0.1) is 0 Å². The van der Waals surface area contributed by atoms with Crippen LogP contribution in [0.4, 0.5) is 23.2 Å². The number of nitrogens with two attached hydrogens (primary N) is 1. The molecule has 3 heterocycles. The van der Waals surface area contributed by atoms with Crippen LogP contribution in [0.15, 0.2) is 36.7 Å². The van der Waals surface area contributed by atoms with E-state index < -0.39 is 40.9 Å². The molecular weight excluding hydrogens is 484 g/mol. The molecule has 3 N–H and O–H groups in total. The third kappa shape index (κ3) is 4.67. The van der Waals surface area contributed by atoms with Crippen LogP contribution in [0.5, 0.6) is 0 Å². The summed E-state index contributed by atoms with van der Waals surface area (Å²) in [7, 11) is 0. The predicted molar refractivity (Wildman–Crippen MR) is 116 cm³/mol. The molecule has 0 fully saturated rings. The smallest absolute Gasteiger partial charge is 0.366 e. The Morgan fingerprint density at radius 2 is 1.89 bits per heavy atom. The van der Waals surface area contributed by atoms with Crippen LogP contribution in [-0.4, -0.2) is 36.5 Å². The van der Waals surface area contributed by atoms with E-state index >= 15 is 0 Å². The first-order chi connectivity index (χ1) is 17.0. The summed E-state index contributed by atoms with van der Waals surface area (Å²) in [5.41, 5.74) is 2.70. The molecule has 3 aromatic heterocycles. The standard InChI is InChI=1S/C22H14F4N8O2/c1-10-18(19(22(24,25)26)33-34(10)9-17-29-7-11(6-27)8-30-17)32-21(36)16-5-14(20(28)35)13-3-2-12(23)4-15(13)31-16/h2-5,7-8H,9H2,1H3,(H2,28,35)(H,32,36). The topological polar surface area (TPSA) is 152 Å². The van der Waals surface area contributed by atoms with Gasteiger partial charge in [-0.1, -0.05) is 0 Å². The molecule has 0 spiro atoms. The second kappa shape index (κ2) is 9.02. The minimum atomic E-state index is -4.94. The van der Waals surface area contributed by atoms with Crippen molar-refractivity contribution in [3.8, 4) is 6.07 Å². The number of amides is 2. The van der Waals surface area contributed by atoms with Gasteiger partial charge in [0.05, 0.1) is 28.0 Å². The second-order valence-electron chi connectivity index (χ2n) is 7.50. The molecule has 182 valence electrons. The van der Waals surface area contributed by atoms with Crippen LogP contribution in [0, 0.1) is 24.1 Å². The molecule has 2 amide bonds. The Labute approximate surface area is 199 Å². The molecule has 4 rings (SSSR count). The first-order valence-corrected chi connectivity index (χ1v) is 10.0. The lowest BCUT2D eigenvalue weighted by Gasteiger charge is -2.10. The molecule has 0 saturated heterocycles. The van der Waals surface area contributed by atoms with Crippen LogP contribution in [0.25, 0.3) is 10.9 Å². The number of pyridine rings is 1. The first kappa shape index (κ1) is 24.2. The molecule has 1 aromatic carbocycles. The molecule has 10 nitrogen and oxygen atoms in total. The van der Waals surface area contributed by atoms with Crippen molar-refractivity contribution in [3.05, 3.63) is 76.5 Å². The highest BCUT2D eigenvalue weighted by Crippen LogP contribution is 2.36. The van der Waals surface area contributed by atoms with Crippen LogP contribution >= 0.6 is 0 Å². The van der Waals surface area contributed by atoms with Gasteiger partial charge < -0.3 is 11.1 Å². The lowest BCUT2D eigenvalue weighted by atomic mass is 10.1. The zero-order valence-corrected chi connectivity index (χ0v) is 18.3. The number of primary amides is 1. The maximum atomic E-state index is 13.7. The number of hydrogen-bond donors (Lipinski definition) is 2. The van der Waals surface area contributed by atoms with E-state index in [0.717, 1.165) is 22.9 Å². The van der Waals surface area contributed by atoms with Gasteiger partial charge in [0.15, 0.2) is 5.69 Å². The summed E-state index contributed by atoms with van der Waals surface area (Å²) in [6, 6.07) is 6.11. The van der Waals surface area contributed by atoms with E-state index in [1.54, 1.807) is 0 Å². The number of halogens is 4. The van der Waals surface area contributed by atoms with Crippen molar-refractivity contribution < 1.29 is 27.2 Å². The molecule has 0 saturated carbocycles. The quantitative estimate of drug-likeness (QED) is 0.401. The molecule has 0 bridgehead atoms. The molecule has 36 heavy (non-hydrogen) atoms. The third-order valence-corrected chi connectivity index (χ3v) is 5.11. The normalized spacial score (nSPS) is 11.3. The fourth-order valence-corrected chi connectivity index (χ4v) is 3.38. The number of nitrogens with one attached hydrogen (secondary N) is 1. The molecule has 0 radical (unpaired) electrons. The number of alkyl halides is 3. The monoisotopic (exact) mass is 498 g/mol. The zero-order valence-electron chi connectivity index (χ0n) is 18.3. The largest absolute Gasteiger partial charge is 0.437 e. The number of fused-ring (bicyclic) bond motifs is 1. The number of aromatic nitrogens is 5. The van der Waals surface area contributed by atoms with Gasteiger partial charge in [0, 0.05) is 23.8 Å². The third-order valence-electron chi connectivity index (χ3n) is 5.11. The number of rotatable bonds is 5. The van der Waals surface area contributed by atoms with E-state index in [1.807, 2.05) is 6.07 Å². The maximum Gasteiger partial charge on any atom is 0.437 e. The molecule has 0 aliphatic heterocycles. The van der Waals surface area contributed by atoms with E-state index in [1.165, 1.54) is 25.4 Å². The molecule has 0 atom stereocenters. The van der Waals surface area contributed by atoms with Crippen LogP contribution in [-0.2, 0) is 12.7 Å². The van der Waals surface area contributed by atoms with Gasteiger partial charge in [-0.2, -0.15) is 23.5 Å². The van der Waals surface area contributed by atoms with E-state index in [-0.39, 0.29) is 40.1 Å². The number of carbonyl (C=O) groups is 2. The molecule has 14 heteroatoms. The minimum Gasteiger partial charge on any atom is -0.366 e. The minimum absolute atomic E-state index is 0.0782. The van der Waals surface area contributed by atoms with E-state index in [0.29, 0.717) is 0 Å². The van der Waals surface area contributed by atoms with Crippen LogP contribution < -0.4 is 11.1 Å². The van der Waals surface area contributed by atoms with Gasteiger partial charge in [-0.25, -0.2) is 19.3 Å². The van der Waals surface area contributed by atoms with Crippen molar-refractivity contribution in [2.75, 3.05) is 5.32 Å². The maximum absolute atomic E-state index is 13.7.